The van der Waals surface area contributed by atoms with Gasteiger partial charge in [-0.3, -0.25) is 4.79 Å². The molecule has 0 aliphatic heterocycles. The summed E-state index contributed by atoms with van der Waals surface area (Å²) in [5.74, 6) is -0.653. The van der Waals surface area contributed by atoms with Gasteiger partial charge in [0.25, 0.3) is 5.91 Å². The molecule has 1 unspecified atom stereocenters. The number of nitrogens with one attached hydrogen (secondary N) is 2. The molecule has 0 aromatic carbocycles. The number of methoxy groups -OCH3 is 1. The molecule has 1 amide bonds. The quantitative estimate of drug-likeness (QED) is 0.377. The summed E-state index contributed by atoms with van der Waals surface area (Å²) in [6.07, 6.45) is 10.1. The lowest BCUT2D eigenvalue weighted by Gasteiger charge is -2.17. The van der Waals surface area contributed by atoms with Crippen LogP contribution in [0.2, 0.25) is 0 Å². The van der Waals surface area contributed by atoms with E-state index in [0.29, 0.717) is 29.4 Å². The van der Waals surface area contributed by atoms with E-state index in [1.807, 2.05) is 32.1 Å². The number of rotatable bonds is 10. The monoisotopic (exact) mass is 441 g/mol. The Bertz CT molecular complexity index is 922. The lowest BCUT2D eigenvalue weighted by molar-refractivity contribution is -0.142. The molecule has 0 saturated heterocycles. The van der Waals surface area contributed by atoms with Gasteiger partial charge in [0.2, 0.25) is 5.95 Å². The van der Waals surface area contributed by atoms with Gasteiger partial charge in [0.05, 0.1) is 24.1 Å². The number of ether oxygens (including phenoxy) is 1. The van der Waals surface area contributed by atoms with Crippen LogP contribution in [-0.2, 0) is 9.53 Å². The van der Waals surface area contributed by atoms with E-state index in [9.17, 15) is 9.59 Å². The van der Waals surface area contributed by atoms with Gasteiger partial charge < -0.3 is 21.1 Å². The van der Waals surface area contributed by atoms with Gasteiger partial charge in [0, 0.05) is 13.1 Å². The fourth-order valence-electron chi connectivity index (χ4n) is 3.02. The van der Waals surface area contributed by atoms with Crippen molar-refractivity contribution in [2.24, 2.45) is 5.73 Å². The number of carbonyl (C=O) groups is 2. The van der Waals surface area contributed by atoms with Crippen LogP contribution in [0.4, 0.5) is 5.95 Å². The molecule has 0 aliphatic rings. The van der Waals surface area contributed by atoms with Crippen LogP contribution in [0.15, 0.2) is 47.1 Å². The Balaban J connectivity index is 3.10. The van der Waals surface area contributed by atoms with Gasteiger partial charge in [-0.2, -0.15) is 0 Å². The summed E-state index contributed by atoms with van der Waals surface area (Å²) in [6.45, 7) is 12.0. The Morgan fingerprint density at radius 2 is 1.75 bits per heavy atom. The Hall–Kier alpha value is -3.26. The highest BCUT2D eigenvalue weighted by Crippen LogP contribution is 2.18. The van der Waals surface area contributed by atoms with Gasteiger partial charge in [-0.1, -0.05) is 30.4 Å². The fraction of sp³-hybridized carbons (Fsp3) is 0.417. The summed E-state index contributed by atoms with van der Waals surface area (Å²) in [7, 11) is 1.24. The van der Waals surface area contributed by atoms with E-state index in [-0.39, 0.29) is 6.54 Å². The third-order valence-electron chi connectivity index (χ3n) is 4.94. The largest absolute Gasteiger partial charge is 0.467 e. The first-order valence-corrected chi connectivity index (χ1v) is 10.5. The molecule has 8 nitrogen and oxygen atoms in total. The Labute approximate surface area is 190 Å². The third kappa shape index (κ3) is 7.46. The van der Waals surface area contributed by atoms with Crippen molar-refractivity contribution in [3.63, 3.8) is 0 Å². The first-order valence-electron chi connectivity index (χ1n) is 10.5. The zero-order chi connectivity index (χ0) is 24.3. The summed E-state index contributed by atoms with van der Waals surface area (Å²) in [5, 5.41) is 5.82. The summed E-state index contributed by atoms with van der Waals surface area (Å²) in [5.41, 5.74) is 10.3. The van der Waals surface area contributed by atoms with Gasteiger partial charge in [-0.15, -0.1) is 0 Å². The molecule has 1 aromatic heterocycles. The standard InChI is InChI=1S/C24H35N5O3/c1-8-10-12-15(3)16(4)19(11-9-2)14-26-24-27-17(5)21(18(6)28-24)22(30)29-20(13-25)23(31)32-7/h8-12,20H,13-14,25H2,1-7H3,(H,29,30)(H,26,27,28). The lowest BCUT2D eigenvalue weighted by Crippen LogP contribution is -2.46. The van der Waals surface area contributed by atoms with Gasteiger partial charge >= 0.3 is 5.97 Å². The van der Waals surface area contributed by atoms with Crippen LogP contribution >= 0.6 is 0 Å². The predicted molar refractivity (Wildman–Crippen MR) is 128 cm³/mol. The van der Waals surface area contributed by atoms with E-state index in [4.69, 9.17) is 5.73 Å². The molecule has 4 N–H and O–H groups in total. The minimum absolute atomic E-state index is 0.0711. The Morgan fingerprint density at radius 1 is 1.12 bits per heavy atom. The average molecular weight is 442 g/mol. The van der Waals surface area contributed by atoms with Crippen molar-refractivity contribution in [2.75, 3.05) is 25.5 Å². The number of nitrogens with two attached hydrogens (primary N) is 1. The maximum atomic E-state index is 12.7. The highest BCUT2D eigenvalue weighted by atomic mass is 16.5. The third-order valence-corrected chi connectivity index (χ3v) is 4.94. The Morgan fingerprint density at radius 3 is 2.25 bits per heavy atom. The first-order chi connectivity index (χ1) is 15.2. The molecule has 174 valence electrons. The van der Waals surface area contributed by atoms with Crippen molar-refractivity contribution in [3.8, 4) is 0 Å². The van der Waals surface area contributed by atoms with Crippen LogP contribution in [0.25, 0.3) is 0 Å². The highest BCUT2D eigenvalue weighted by Gasteiger charge is 2.23. The topological polar surface area (TPSA) is 119 Å². The van der Waals surface area contributed by atoms with Crippen LogP contribution in [0.5, 0.6) is 0 Å². The molecule has 1 aromatic rings. The van der Waals surface area contributed by atoms with Crippen molar-refractivity contribution in [1.82, 2.24) is 15.3 Å². The number of amides is 1. The number of allylic oxidation sites excluding steroid dienone is 6. The van der Waals surface area contributed by atoms with Crippen molar-refractivity contribution >= 4 is 17.8 Å². The fourth-order valence-corrected chi connectivity index (χ4v) is 3.02. The molecule has 32 heavy (non-hydrogen) atoms. The van der Waals surface area contributed by atoms with Crippen LogP contribution in [0.3, 0.4) is 0 Å². The highest BCUT2D eigenvalue weighted by molar-refractivity contribution is 5.98. The maximum Gasteiger partial charge on any atom is 0.329 e. The number of aromatic nitrogens is 2. The molecule has 0 saturated carbocycles. The molecule has 1 heterocycles. The maximum absolute atomic E-state index is 12.7. The number of hydrogen-bond acceptors (Lipinski definition) is 7. The average Bonchev–Trinajstić information content (AvgIpc) is 2.76. The molecule has 1 rings (SSSR count). The van der Waals surface area contributed by atoms with Gasteiger partial charge in [0.15, 0.2) is 0 Å². The second-order valence-corrected chi connectivity index (χ2v) is 7.26. The molecule has 0 radical (unpaired) electrons. The lowest BCUT2D eigenvalue weighted by atomic mass is 10.0. The van der Waals surface area contributed by atoms with Gasteiger partial charge in [-0.25, -0.2) is 14.8 Å². The molecular weight excluding hydrogens is 406 g/mol. The van der Waals surface area contributed by atoms with E-state index in [2.05, 4.69) is 51.3 Å². The van der Waals surface area contributed by atoms with Crippen LogP contribution in [0.1, 0.15) is 49.4 Å². The van der Waals surface area contributed by atoms with E-state index >= 15 is 0 Å². The Kier molecular flexibility index (Phi) is 11.1. The van der Waals surface area contributed by atoms with Crippen molar-refractivity contribution in [2.45, 2.75) is 47.6 Å². The number of carbonyl (C=O) groups excluding carboxylic acids is 2. The first kappa shape index (κ1) is 26.8. The van der Waals surface area contributed by atoms with Crippen LogP contribution in [-0.4, -0.2) is 48.1 Å². The summed E-state index contributed by atoms with van der Waals surface area (Å²) in [6, 6.07) is -0.931. The van der Waals surface area contributed by atoms with E-state index in [1.165, 1.54) is 12.7 Å². The second kappa shape index (κ2) is 13.2. The van der Waals surface area contributed by atoms with Gasteiger partial charge in [-0.05, 0) is 58.3 Å². The SMILES string of the molecule is CC=CC=C(C)C(C)=C(C=CC)CNc1nc(C)c(C(=O)NC(CN)C(=O)OC)c(C)n1. The van der Waals surface area contributed by atoms with Crippen molar-refractivity contribution in [1.29, 1.82) is 0 Å². The van der Waals surface area contributed by atoms with E-state index in [1.54, 1.807) is 13.8 Å². The molecule has 0 aliphatic carbocycles. The minimum atomic E-state index is -0.931. The number of esters is 1. The summed E-state index contributed by atoms with van der Waals surface area (Å²) in [4.78, 5) is 33.3. The van der Waals surface area contributed by atoms with Crippen LogP contribution in [0, 0.1) is 13.8 Å². The van der Waals surface area contributed by atoms with Crippen molar-refractivity contribution in [3.05, 3.63) is 64.1 Å². The number of anilines is 1. The number of hydrogen-bond donors (Lipinski definition) is 3. The van der Waals surface area contributed by atoms with E-state index in [0.717, 1.165) is 11.1 Å². The second-order valence-electron chi connectivity index (χ2n) is 7.26. The summed E-state index contributed by atoms with van der Waals surface area (Å²) < 4.78 is 4.66. The van der Waals surface area contributed by atoms with Gasteiger partial charge in [0.1, 0.15) is 6.04 Å². The normalized spacial score (nSPS) is 13.8. The predicted octanol–water partition coefficient (Wildman–Crippen LogP) is 3.15. The zero-order valence-corrected chi connectivity index (χ0v) is 20.1. The van der Waals surface area contributed by atoms with Crippen LogP contribution < -0.4 is 16.4 Å². The number of nitrogens with zero attached hydrogens (tertiary/aromatic N) is 2. The van der Waals surface area contributed by atoms with E-state index < -0.39 is 17.9 Å². The summed E-state index contributed by atoms with van der Waals surface area (Å²) >= 11 is 0. The smallest absolute Gasteiger partial charge is 0.329 e. The molecule has 0 fully saturated rings. The molecular formula is C24H35N5O3. The number of aryl methyl sites for hydroxylation is 2. The molecule has 8 heteroatoms. The minimum Gasteiger partial charge on any atom is -0.467 e. The zero-order valence-electron chi connectivity index (χ0n) is 20.1. The molecule has 0 spiro atoms. The molecule has 1 atom stereocenters. The molecule has 0 bridgehead atoms. The van der Waals surface area contributed by atoms with Crippen molar-refractivity contribution < 1.29 is 14.3 Å².